The van der Waals surface area contributed by atoms with Crippen LogP contribution >= 0.6 is 11.8 Å². The van der Waals surface area contributed by atoms with E-state index in [9.17, 15) is 32.3 Å². The van der Waals surface area contributed by atoms with Gasteiger partial charge in [0.05, 0.1) is 12.5 Å². The maximum absolute atomic E-state index is 13.6. The van der Waals surface area contributed by atoms with Gasteiger partial charge in [0.1, 0.15) is 11.9 Å². The Morgan fingerprint density at radius 1 is 0.851 bits per heavy atom. The van der Waals surface area contributed by atoms with Crippen molar-refractivity contribution < 1.29 is 37.1 Å². The van der Waals surface area contributed by atoms with Gasteiger partial charge in [0.2, 0.25) is 11.8 Å². The molecule has 0 fully saturated rings. The van der Waals surface area contributed by atoms with E-state index in [1.54, 1.807) is 30.5 Å². The highest BCUT2D eigenvalue weighted by Crippen LogP contribution is 2.27. The molecule has 0 spiro atoms. The fraction of sp³-hybridized carbons (Fsp3) is 0.382. The first-order chi connectivity index (χ1) is 22.2. The number of esters is 2. The summed E-state index contributed by atoms with van der Waals surface area (Å²) in [5.74, 6) is -4.18. The fourth-order valence-electron chi connectivity index (χ4n) is 4.31. The number of anilines is 1. The lowest BCUT2D eigenvalue weighted by molar-refractivity contribution is -0.202. The molecule has 252 valence electrons. The van der Waals surface area contributed by atoms with E-state index >= 15 is 0 Å². The molecule has 0 aliphatic heterocycles. The Kier molecular flexibility index (Phi) is 13.8. The van der Waals surface area contributed by atoms with Crippen LogP contribution in [0.2, 0.25) is 0 Å². The summed E-state index contributed by atoms with van der Waals surface area (Å²) < 4.78 is 42.0. The van der Waals surface area contributed by atoms with Crippen molar-refractivity contribution in [3.05, 3.63) is 84.6 Å². The van der Waals surface area contributed by atoms with Crippen molar-refractivity contribution in [1.82, 2.24) is 15.6 Å². The standard InChI is InChI=1S/C34H39F3N4O5S/c1-33(2,3)47-22-27(40-29(42)14-8-10-20-39-28-13-7-9-19-38-28)31(44)41-26(21-30(43)46-32(45)34(35,36)37)25-17-15-24(16-18-25)23-11-5-4-6-12-23/h4-7,9,11-13,15-19,26-27H,8,10,14,20-22H2,1-3H3,(H,38,39)(H,40,42)(H,41,44)/t26?,27-/m1/s1. The van der Waals surface area contributed by atoms with E-state index in [1.165, 1.54) is 11.8 Å². The lowest BCUT2D eigenvalue weighted by Gasteiger charge is -2.26. The van der Waals surface area contributed by atoms with E-state index in [-0.39, 0.29) is 22.8 Å². The van der Waals surface area contributed by atoms with Crippen LogP contribution in [0.4, 0.5) is 19.0 Å². The largest absolute Gasteiger partial charge is 0.491 e. The van der Waals surface area contributed by atoms with E-state index in [2.05, 4.69) is 25.7 Å². The normalized spacial score (nSPS) is 12.8. The van der Waals surface area contributed by atoms with Gasteiger partial charge in [0, 0.05) is 29.7 Å². The minimum absolute atomic E-state index is 0.157. The van der Waals surface area contributed by atoms with Gasteiger partial charge in [-0.25, -0.2) is 9.78 Å². The predicted molar refractivity (Wildman–Crippen MR) is 175 cm³/mol. The number of rotatable bonds is 15. The van der Waals surface area contributed by atoms with Crippen LogP contribution in [0.3, 0.4) is 0 Å². The zero-order valence-electron chi connectivity index (χ0n) is 26.4. The van der Waals surface area contributed by atoms with Crippen molar-refractivity contribution >= 4 is 41.3 Å². The number of nitrogens with one attached hydrogen (secondary N) is 3. The van der Waals surface area contributed by atoms with Crippen LogP contribution in [0.25, 0.3) is 11.1 Å². The smallest absolute Gasteiger partial charge is 0.386 e. The lowest BCUT2D eigenvalue weighted by atomic mass is 9.99. The first-order valence-electron chi connectivity index (χ1n) is 15.1. The van der Waals surface area contributed by atoms with Crippen molar-refractivity contribution in [2.75, 3.05) is 17.6 Å². The van der Waals surface area contributed by atoms with Crippen LogP contribution in [0, 0.1) is 0 Å². The molecule has 1 heterocycles. The average molecular weight is 673 g/mol. The maximum atomic E-state index is 13.6. The van der Waals surface area contributed by atoms with Crippen LogP contribution in [0.1, 0.15) is 58.1 Å². The third-order valence-corrected chi connectivity index (χ3v) is 8.05. The van der Waals surface area contributed by atoms with E-state index < -0.39 is 42.5 Å². The molecule has 0 aliphatic rings. The average Bonchev–Trinajstić information content (AvgIpc) is 3.02. The van der Waals surface area contributed by atoms with Crippen LogP contribution in [0.15, 0.2) is 79.0 Å². The van der Waals surface area contributed by atoms with Gasteiger partial charge in [-0.1, -0.05) is 81.4 Å². The highest BCUT2D eigenvalue weighted by atomic mass is 32.2. The molecule has 1 aromatic heterocycles. The first kappa shape index (κ1) is 37.1. The van der Waals surface area contributed by atoms with Crippen molar-refractivity contribution in [2.24, 2.45) is 0 Å². The van der Waals surface area contributed by atoms with Gasteiger partial charge in [0.15, 0.2) is 0 Å². The number of nitrogens with zero attached hydrogens (tertiary/aromatic N) is 1. The summed E-state index contributed by atoms with van der Waals surface area (Å²) >= 11 is 1.44. The number of carbonyl (C=O) groups excluding carboxylic acids is 4. The third-order valence-electron chi connectivity index (χ3n) is 6.68. The summed E-state index contributed by atoms with van der Waals surface area (Å²) in [4.78, 5) is 54.4. The van der Waals surface area contributed by atoms with Crippen molar-refractivity contribution in [3.8, 4) is 11.1 Å². The molecule has 13 heteroatoms. The van der Waals surface area contributed by atoms with Gasteiger partial charge in [0.25, 0.3) is 0 Å². The Hall–Kier alpha value is -4.39. The van der Waals surface area contributed by atoms with Crippen molar-refractivity contribution in [2.45, 2.75) is 69.5 Å². The van der Waals surface area contributed by atoms with Gasteiger partial charge in [-0.15, -0.1) is 0 Å². The second-order valence-corrected chi connectivity index (χ2v) is 13.5. The number of thioether (sulfide) groups is 1. The summed E-state index contributed by atoms with van der Waals surface area (Å²) in [7, 11) is 0. The van der Waals surface area contributed by atoms with Gasteiger partial charge in [-0.2, -0.15) is 24.9 Å². The number of pyridine rings is 1. The molecular formula is C34H39F3N4O5S. The topological polar surface area (TPSA) is 126 Å². The zero-order valence-corrected chi connectivity index (χ0v) is 27.2. The summed E-state index contributed by atoms with van der Waals surface area (Å²) in [6.45, 7) is 6.46. The number of halogens is 3. The highest BCUT2D eigenvalue weighted by Gasteiger charge is 2.42. The molecule has 3 aromatic rings. The SMILES string of the molecule is CC(C)(C)SC[C@@H](NC(=O)CCCCNc1ccccn1)C(=O)NC(CC(=O)OC(=O)C(F)(F)F)c1ccc(-c2ccccc2)cc1. The minimum Gasteiger partial charge on any atom is -0.386 e. The number of carbonyl (C=O) groups is 4. The molecule has 2 amide bonds. The number of ether oxygens (including phenoxy) is 1. The van der Waals surface area contributed by atoms with E-state index in [0.717, 1.165) is 16.9 Å². The quantitative estimate of drug-likeness (QED) is 0.0987. The zero-order chi connectivity index (χ0) is 34.5. The van der Waals surface area contributed by atoms with E-state index in [4.69, 9.17) is 0 Å². The molecule has 1 unspecified atom stereocenters. The monoisotopic (exact) mass is 672 g/mol. The van der Waals surface area contributed by atoms with Crippen molar-refractivity contribution in [1.29, 1.82) is 0 Å². The Morgan fingerprint density at radius 3 is 2.13 bits per heavy atom. The second kappa shape index (κ2) is 17.5. The number of hydrogen-bond acceptors (Lipinski definition) is 8. The third kappa shape index (κ3) is 13.5. The molecule has 3 rings (SSSR count). The lowest BCUT2D eigenvalue weighted by Crippen LogP contribution is -2.49. The summed E-state index contributed by atoms with van der Waals surface area (Å²) in [5, 5.41) is 8.63. The minimum atomic E-state index is -5.36. The van der Waals surface area contributed by atoms with Crippen LogP contribution in [-0.2, 0) is 23.9 Å². The molecule has 0 saturated carbocycles. The van der Waals surface area contributed by atoms with E-state index in [1.807, 2.05) is 69.3 Å². The molecule has 0 radical (unpaired) electrons. The van der Waals surface area contributed by atoms with E-state index in [0.29, 0.717) is 24.9 Å². The molecule has 2 aromatic carbocycles. The summed E-state index contributed by atoms with van der Waals surface area (Å²) in [5.41, 5.74) is 2.13. The Labute approximate surface area is 276 Å². The Balaban J connectivity index is 1.72. The summed E-state index contributed by atoms with van der Waals surface area (Å²) in [6.07, 6.45) is -3.07. The number of amides is 2. The molecule has 47 heavy (non-hydrogen) atoms. The van der Waals surface area contributed by atoms with Gasteiger partial charge >= 0.3 is 18.1 Å². The number of benzene rings is 2. The second-order valence-electron chi connectivity index (χ2n) is 11.7. The number of aromatic nitrogens is 1. The fourth-order valence-corrected chi connectivity index (χ4v) is 5.21. The molecule has 0 aliphatic carbocycles. The maximum Gasteiger partial charge on any atom is 0.491 e. The molecule has 2 atom stereocenters. The molecule has 3 N–H and O–H groups in total. The number of hydrogen-bond donors (Lipinski definition) is 3. The van der Waals surface area contributed by atoms with Crippen LogP contribution < -0.4 is 16.0 Å². The Morgan fingerprint density at radius 2 is 1.51 bits per heavy atom. The van der Waals surface area contributed by atoms with Crippen LogP contribution in [-0.4, -0.2) is 58.0 Å². The molecule has 9 nitrogen and oxygen atoms in total. The van der Waals surface area contributed by atoms with Gasteiger partial charge < -0.3 is 20.7 Å². The van der Waals surface area contributed by atoms with Gasteiger partial charge in [-0.05, 0) is 41.7 Å². The Bertz CT molecular complexity index is 1470. The molecule has 0 saturated heterocycles. The first-order valence-corrected chi connectivity index (χ1v) is 16.1. The highest BCUT2D eigenvalue weighted by molar-refractivity contribution is 8.00. The predicted octanol–water partition coefficient (Wildman–Crippen LogP) is 6.23. The molecular weight excluding hydrogens is 633 g/mol. The van der Waals surface area contributed by atoms with Crippen LogP contribution in [0.5, 0.6) is 0 Å². The summed E-state index contributed by atoms with van der Waals surface area (Å²) in [6, 6.07) is 19.5. The number of alkyl halides is 3. The van der Waals surface area contributed by atoms with Gasteiger partial charge in [-0.3, -0.25) is 14.4 Å². The molecule has 0 bridgehead atoms. The van der Waals surface area contributed by atoms with Crippen molar-refractivity contribution in [3.63, 3.8) is 0 Å². The number of unbranched alkanes of at least 4 members (excludes halogenated alkanes) is 1.